The van der Waals surface area contributed by atoms with Gasteiger partial charge in [0.1, 0.15) is 17.1 Å². The first-order valence-electron chi connectivity index (χ1n) is 9.72. The Balaban J connectivity index is 1.36. The third-order valence-electron chi connectivity index (χ3n) is 5.74. The van der Waals surface area contributed by atoms with Crippen LogP contribution in [0.15, 0.2) is 36.5 Å². The summed E-state index contributed by atoms with van der Waals surface area (Å²) in [5.74, 6) is 1.38. The molecule has 2 atom stereocenters. The number of hydrogen-bond acceptors (Lipinski definition) is 3. The summed E-state index contributed by atoms with van der Waals surface area (Å²) in [6.07, 6.45) is 0.754. The van der Waals surface area contributed by atoms with Gasteiger partial charge in [-0.15, -0.1) is 10.2 Å². The van der Waals surface area contributed by atoms with Crippen molar-refractivity contribution in [3.8, 4) is 5.75 Å². The van der Waals surface area contributed by atoms with Crippen LogP contribution in [0.25, 0.3) is 5.65 Å². The fourth-order valence-corrected chi connectivity index (χ4v) is 3.97. The maximum atomic E-state index is 13.8. The second kappa shape index (κ2) is 6.90. The lowest BCUT2D eigenvalue weighted by Crippen LogP contribution is -2.13. The maximum Gasteiger partial charge on any atom is 0.423 e. The number of aromatic nitrogens is 3. The van der Waals surface area contributed by atoms with Crippen LogP contribution in [0.1, 0.15) is 42.1 Å². The molecule has 0 radical (unpaired) electrons. The SMILES string of the molecule is FC(F)(F)c1c(OCC2C[C@H]2c2ccc(Cl)cc2)ccn2c(CC3CC3)nnc12. The number of rotatable bonds is 6. The van der Waals surface area contributed by atoms with E-state index in [1.54, 1.807) is 6.20 Å². The highest BCUT2D eigenvalue weighted by Crippen LogP contribution is 2.48. The molecule has 0 amide bonds. The molecule has 0 saturated heterocycles. The highest BCUT2D eigenvalue weighted by atomic mass is 35.5. The summed E-state index contributed by atoms with van der Waals surface area (Å²) in [6, 6.07) is 8.95. The van der Waals surface area contributed by atoms with Crippen molar-refractivity contribution >= 4 is 17.2 Å². The van der Waals surface area contributed by atoms with Crippen LogP contribution >= 0.6 is 11.6 Å². The van der Waals surface area contributed by atoms with Crippen LogP contribution in [0.2, 0.25) is 5.02 Å². The summed E-state index contributed by atoms with van der Waals surface area (Å²) in [5, 5.41) is 8.51. The zero-order chi connectivity index (χ0) is 20.2. The zero-order valence-corrected chi connectivity index (χ0v) is 16.2. The topological polar surface area (TPSA) is 39.4 Å². The van der Waals surface area contributed by atoms with Gasteiger partial charge in [-0.3, -0.25) is 4.40 Å². The molecule has 0 bridgehead atoms. The maximum absolute atomic E-state index is 13.8. The summed E-state index contributed by atoms with van der Waals surface area (Å²) < 4.78 is 48.5. The standard InChI is InChI=1S/C21H19ClF3N3O/c22-15-5-3-13(4-6-15)16-10-14(16)11-29-17-7-8-28-18(9-12-1-2-12)26-27-20(28)19(17)21(23,24)25/h3-8,12,14,16H,1-2,9-11H2/t14?,16-/m0/s1. The van der Waals surface area contributed by atoms with E-state index in [1.807, 2.05) is 24.3 Å². The molecule has 29 heavy (non-hydrogen) atoms. The van der Waals surface area contributed by atoms with E-state index in [9.17, 15) is 13.2 Å². The molecule has 0 aliphatic heterocycles. The Bertz CT molecular complexity index is 1040. The third-order valence-corrected chi connectivity index (χ3v) is 5.99. The number of alkyl halides is 3. The first-order chi connectivity index (χ1) is 13.9. The van der Waals surface area contributed by atoms with Crippen molar-refractivity contribution in [2.75, 3.05) is 6.61 Å². The summed E-state index contributed by atoms with van der Waals surface area (Å²) in [5.41, 5.74) is 0.102. The molecule has 0 spiro atoms. The van der Waals surface area contributed by atoms with E-state index < -0.39 is 11.7 Å². The Morgan fingerprint density at radius 2 is 1.86 bits per heavy atom. The number of nitrogens with zero attached hydrogens (tertiary/aromatic N) is 3. The second-order valence-corrected chi connectivity index (χ2v) is 8.41. The van der Waals surface area contributed by atoms with E-state index in [4.69, 9.17) is 16.3 Å². The van der Waals surface area contributed by atoms with Crippen LogP contribution in [0.3, 0.4) is 0 Å². The van der Waals surface area contributed by atoms with Crippen molar-refractivity contribution in [2.24, 2.45) is 11.8 Å². The molecule has 2 aliphatic carbocycles. The largest absolute Gasteiger partial charge is 0.492 e. The Morgan fingerprint density at radius 3 is 2.55 bits per heavy atom. The van der Waals surface area contributed by atoms with Crippen molar-refractivity contribution in [2.45, 2.75) is 37.8 Å². The molecule has 2 fully saturated rings. The van der Waals surface area contributed by atoms with Gasteiger partial charge in [0.2, 0.25) is 0 Å². The molecule has 3 aromatic rings. The molecule has 4 nitrogen and oxygen atoms in total. The normalized spacial score (nSPS) is 21.5. The first kappa shape index (κ1) is 18.7. The summed E-state index contributed by atoms with van der Waals surface area (Å²) in [7, 11) is 0. The van der Waals surface area contributed by atoms with Crippen LogP contribution in [-0.2, 0) is 12.6 Å². The molecule has 2 aliphatic rings. The van der Waals surface area contributed by atoms with Crippen LogP contribution in [0.4, 0.5) is 13.2 Å². The lowest BCUT2D eigenvalue weighted by Gasteiger charge is -2.15. The van der Waals surface area contributed by atoms with E-state index in [0.29, 0.717) is 29.1 Å². The minimum Gasteiger partial charge on any atom is -0.492 e. The van der Waals surface area contributed by atoms with Crippen molar-refractivity contribution in [1.82, 2.24) is 14.6 Å². The van der Waals surface area contributed by atoms with E-state index in [0.717, 1.165) is 24.8 Å². The number of fused-ring (bicyclic) bond motifs is 1. The highest BCUT2D eigenvalue weighted by molar-refractivity contribution is 6.30. The van der Waals surface area contributed by atoms with Gasteiger partial charge in [-0.05, 0) is 54.9 Å². The lowest BCUT2D eigenvalue weighted by atomic mass is 10.1. The van der Waals surface area contributed by atoms with Gasteiger partial charge < -0.3 is 4.74 Å². The summed E-state index contributed by atoms with van der Waals surface area (Å²) in [4.78, 5) is 0. The Kier molecular flexibility index (Phi) is 4.46. The van der Waals surface area contributed by atoms with Crippen LogP contribution < -0.4 is 4.74 Å². The molecule has 1 unspecified atom stereocenters. The van der Waals surface area contributed by atoms with Gasteiger partial charge in [-0.1, -0.05) is 23.7 Å². The summed E-state index contributed by atoms with van der Waals surface area (Å²) >= 11 is 5.91. The number of hydrogen-bond donors (Lipinski definition) is 0. The molecule has 0 N–H and O–H groups in total. The lowest BCUT2D eigenvalue weighted by molar-refractivity contribution is -0.138. The molecular weight excluding hydrogens is 403 g/mol. The molecule has 2 aromatic heterocycles. The molecule has 2 saturated carbocycles. The van der Waals surface area contributed by atoms with Crippen molar-refractivity contribution < 1.29 is 17.9 Å². The summed E-state index contributed by atoms with van der Waals surface area (Å²) in [6.45, 7) is 0.232. The Morgan fingerprint density at radius 1 is 1.10 bits per heavy atom. The monoisotopic (exact) mass is 421 g/mol. The van der Waals surface area contributed by atoms with Crippen LogP contribution in [-0.4, -0.2) is 21.2 Å². The Labute approximate surface area is 170 Å². The van der Waals surface area contributed by atoms with Gasteiger partial charge in [-0.25, -0.2) is 0 Å². The Hall–Kier alpha value is -2.28. The minimum atomic E-state index is -4.57. The molecule has 1 aromatic carbocycles. The average Bonchev–Trinajstić information content (AvgIpc) is 3.59. The van der Waals surface area contributed by atoms with E-state index >= 15 is 0 Å². The zero-order valence-electron chi connectivity index (χ0n) is 15.5. The van der Waals surface area contributed by atoms with Crippen molar-refractivity contribution in [3.63, 3.8) is 0 Å². The van der Waals surface area contributed by atoms with Crippen LogP contribution in [0.5, 0.6) is 5.75 Å². The minimum absolute atomic E-state index is 0.183. The van der Waals surface area contributed by atoms with Gasteiger partial charge in [0, 0.05) is 23.6 Å². The number of pyridine rings is 1. The van der Waals surface area contributed by atoms with Gasteiger partial charge in [0.15, 0.2) is 5.65 Å². The molecule has 2 heterocycles. The third kappa shape index (κ3) is 3.80. The predicted octanol–water partition coefficient (Wildman–Crippen LogP) is 5.54. The smallest absolute Gasteiger partial charge is 0.423 e. The predicted molar refractivity (Wildman–Crippen MR) is 102 cm³/mol. The van der Waals surface area contributed by atoms with Gasteiger partial charge >= 0.3 is 6.18 Å². The molecule has 152 valence electrons. The quantitative estimate of drug-likeness (QED) is 0.525. The molecular formula is C21H19ClF3N3O. The average molecular weight is 422 g/mol. The number of benzene rings is 1. The number of halogens is 4. The van der Waals surface area contributed by atoms with Gasteiger partial charge in [0.25, 0.3) is 0 Å². The van der Waals surface area contributed by atoms with Gasteiger partial charge in [-0.2, -0.15) is 13.2 Å². The highest BCUT2D eigenvalue weighted by Gasteiger charge is 2.41. The van der Waals surface area contributed by atoms with E-state index in [1.165, 1.54) is 10.5 Å². The van der Waals surface area contributed by atoms with E-state index in [-0.39, 0.29) is 23.9 Å². The molecule has 8 heteroatoms. The molecule has 5 rings (SSSR count). The van der Waals surface area contributed by atoms with Crippen molar-refractivity contribution in [3.05, 3.63) is 58.5 Å². The van der Waals surface area contributed by atoms with Crippen LogP contribution in [0, 0.1) is 11.8 Å². The second-order valence-electron chi connectivity index (χ2n) is 7.97. The van der Waals surface area contributed by atoms with Gasteiger partial charge in [0.05, 0.1) is 6.61 Å². The van der Waals surface area contributed by atoms with E-state index in [2.05, 4.69) is 10.2 Å². The first-order valence-corrected chi connectivity index (χ1v) is 10.1. The van der Waals surface area contributed by atoms with Crippen molar-refractivity contribution in [1.29, 1.82) is 0 Å². The number of ether oxygens (including phenoxy) is 1. The fourth-order valence-electron chi connectivity index (χ4n) is 3.84. The fraction of sp³-hybridized carbons (Fsp3) is 0.429.